The van der Waals surface area contributed by atoms with Gasteiger partial charge in [-0.05, 0) is 63.7 Å². The molecule has 0 spiro atoms. The normalized spacial score (nSPS) is 20.6. The fourth-order valence-corrected chi connectivity index (χ4v) is 3.16. The molecule has 2 heterocycles. The van der Waals surface area contributed by atoms with Crippen LogP contribution in [0.1, 0.15) is 31.6 Å². The Hall–Kier alpha value is -0.380. The van der Waals surface area contributed by atoms with Crippen LogP contribution in [0.5, 0.6) is 0 Å². The molecule has 1 N–H and O–H groups in total. The second-order valence-electron chi connectivity index (χ2n) is 5.29. The van der Waals surface area contributed by atoms with Crippen LogP contribution in [0.3, 0.4) is 0 Å². The molecule has 2 nitrogen and oxygen atoms in total. The van der Waals surface area contributed by atoms with E-state index < -0.39 is 0 Å². The van der Waals surface area contributed by atoms with Crippen molar-refractivity contribution in [3.63, 3.8) is 0 Å². The molecule has 1 fully saturated rings. The van der Waals surface area contributed by atoms with Gasteiger partial charge in [-0.15, -0.1) is 11.3 Å². The minimum Gasteiger partial charge on any atom is -0.316 e. The average Bonchev–Trinajstić information content (AvgIpc) is 2.97. The molecular weight excluding hydrogens is 228 g/mol. The lowest BCUT2D eigenvalue weighted by atomic mass is 10.0. The maximum absolute atomic E-state index is 3.45. The van der Waals surface area contributed by atoms with E-state index in [2.05, 4.69) is 41.6 Å². The lowest BCUT2D eigenvalue weighted by Gasteiger charge is -2.27. The molecule has 0 aliphatic carbocycles. The number of thiophene rings is 1. The zero-order valence-electron chi connectivity index (χ0n) is 11.0. The number of rotatable bonds is 6. The van der Waals surface area contributed by atoms with Gasteiger partial charge < -0.3 is 5.32 Å². The molecule has 1 unspecified atom stereocenters. The van der Waals surface area contributed by atoms with Crippen molar-refractivity contribution in [2.75, 3.05) is 19.6 Å². The second-order valence-corrected chi connectivity index (χ2v) is 6.32. The second kappa shape index (κ2) is 6.53. The van der Waals surface area contributed by atoms with E-state index in [1.165, 1.54) is 37.4 Å². The number of nitrogens with one attached hydrogen (secondary N) is 1. The Balaban J connectivity index is 1.80. The van der Waals surface area contributed by atoms with Gasteiger partial charge in [-0.2, -0.15) is 0 Å². The Bertz CT molecular complexity index is 302. The molecule has 0 bridgehead atoms. The summed E-state index contributed by atoms with van der Waals surface area (Å²) in [5.74, 6) is 0.902. The standard InChI is InChI=1S/C14H24N2S/c1-12(2)16(11-14-4-3-9-17-14)8-6-13-5-7-15-10-13/h3-4,9,12-13,15H,5-8,10-11H2,1-2H3. The first kappa shape index (κ1) is 13.1. The van der Waals surface area contributed by atoms with Gasteiger partial charge in [0.1, 0.15) is 0 Å². The van der Waals surface area contributed by atoms with Crippen molar-refractivity contribution < 1.29 is 0 Å². The average molecular weight is 252 g/mol. The van der Waals surface area contributed by atoms with Crippen molar-refractivity contribution in [2.24, 2.45) is 5.92 Å². The van der Waals surface area contributed by atoms with Crippen LogP contribution in [0.15, 0.2) is 17.5 Å². The van der Waals surface area contributed by atoms with Gasteiger partial charge >= 0.3 is 0 Å². The first-order valence-corrected chi connectivity index (χ1v) is 7.61. The first-order valence-electron chi connectivity index (χ1n) is 6.73. The van der Waals surface area contributed by atoms with E-state index in [1.807, 2.05) is 11.3 Å². The summed E-state index contributed by atoms with van der Waals surface area (Å²) in [6.45, 7) is 9.42. The topological polar surface area (TPSA) is 15.3 Å². The molecule has 1 atom stereocenters. The molecule has 1 aromatic heterocycles. The van der Waals surface area contributed by atoms with Crippen LogP contribution in [-0.2, 0) is 6.54 Å². The third kappa shape index (κ3) is 4.09. The van der Waals surface area contributed by atoms with E-state index in [9.17, 15) is 0 Å². The highest BCUT2D eigenvalue weighted by molar-refractivity contribution is 7.09. The Morgan fingerprint density at radius 1 is 1.53 bits per heavy atom. The number of nitrogens with zero attached hydrogens (tertiary/aromatic N) is 1. The van der Waals surface area contributed by atoms with Gasteiger partial charge in [0.25, 0.3) is 0 Å². The Kier molecular flexibility index (Phi) is 5.01. The van der Waals surface area contributed by atoms with Crippen LogP contribution in [0.4, 0.5) is 0 Å². The fourth-order valence-electron chi connectivity index (χ4n) is 2.43. The molecule has 1 aromatic rings. The largest absolute Gasteiger partial charge is 0.316 e. The van der Waals surface area contributed by atoms with Gasteiger partial charge in [-0.1, -0.05) is 6.07 Å². The Morgan fingerprint density at radius 3 is 3.00 bits per heavy atom. The molecule has 2 rings (SSSR count). The summed E-state index contributed by atoms with van der Waals surface area (Å²) in [6, 6.07) is 5.04. The zero-order valence-corrected chi connectivity index (χ0v) is 11.8. The highest BCUT2D eigenvalue weighted by Gasteiger charge is 2.17. The van der Waals surface area contributed by atoms with Crippen LogP contribution in [0, 0.1) is 5.92 Å². The summed E-state index contributed by atoms with van der Waals surface area (Å²) < 4.78 is 0. The summed E-state index contributed by atoms with van der Waals surface area (Å²) in [6.07, 6.45) is 2.71. The third-order valence-electron chi connectivity index (χ3n) is 3.66. The van der Waals surface area contributed by atoms with Gasteiger partial charge in [0.05, 0.1) is 0 Å². The smallest absolute Gasteiger partial charge is 0.0330 e. The van der Waals surface area contributed by atoms with E-state index in [0.717, 1.165) is 12.5 Å². The molecule has 0 saturated carbocycles. The lowest BCUT2D eigenvalue weighted by Crippen LogP contribution is -2.32. The molecule has 0 amide bonds. The number of hydrogen-bond donors (Lipinski definition) is 1. The molecule has 3 heteroatoms. The SMILES string of the molecule is CC(C)N(CCC1CCNC1)Cc1cccs1. The van der Waals surface area contributed by atoms with E-state index >= 15 is 0 Å². The van der Waals surface area contributed by atoms with E-state index in [-0.39, 0.29) is 0 Å². The monoisotopic (exact) mass is 252 g/mol. The van der Waals surface area contributed by atoms with Crippen LogP contribution < -0.4 is 5.32 Å². The highest BCUT2D eigenvalue weighted by Crippen LogP contribution is 2.17. The van der Waals surface area contributed by atoms with E-state index in [1.54, 1.807) is 0 Å². The zero-order chi connectivity index (χ0) is 12.1. The van der Waals surface area contributed by atoms with Crippen molar-refractivity contribution in [3.05, 3.63) is 22.4 Å². The molecular formula is C14H24N2S. The molecule has 17 heavy (non-hydrogen) atoms. The summed E-state index contributed by atoms with van der Waals surface area (Å²) in [5, 5.41) is 5.63. The Labute approximate surface area is 109 Å². The molecule has 1 aliphatic heterocycles. The maximum Gasteiger partial charge on any atom is 0.0330 e. The van der Waals surface area contributed by atoms with Crippen LogP contribution in [0.2, 0.25) is 0 Å². The van der Waals surface area contributed by atoms with Crippen LogP contribution >= 0.6 is 11.3 Å². The molecule has 0 aromatic carbocycles. The van der Waals surface area contributed by atoms with Crippen molar-refractivity contribution in [2.45, 2.75) is 39.3 Å². The van der Waals surface area contributed by atoms with E-state index in [0.29, 0.717) is 6.04 Å². The fraction of sp³-hybridized carbons (Fsp3) is 0.714. The summed E-state index contributed by atoms with van der Waals surface area (Å²) >= 11 is 1.87. The van der Waals surface area contributed by atoms with Gasteiger partial charge in [-0.25, -0.2) is 0 Å². The van der Waals surface area contributed by atoms with Crippen molar-refractivity contribution in [1.82, 2.24) is 10.2 Å². The van der Waals surface area contributed by atoms with Crippen LogP contribution in [0.25, 0.3) is 0 Å². The Morgan fingerprint density at radius 2 is 2.41 bits per heavy atom. The van der Waals surface area contributed by atoms with Crippen LogP contribution in [-0.4, -0.2) is 30.6 Å². The lowest BCUT2D eigenvalue weighted by molar-refractivity contribution is 0.200. The highest BCUT2D eigenvalue weighted by atomic mass is 32.1. The third-order valence-corrected chi connectivity index (χ3v) is 4.52. The molecule has 96 valence electrons. The van der Waals surface area contributed by atoms with Gasteiger partial charge in [-0.3, -0.25) is 4.90 Å². The van der Waals surface area contributed by atoms with Crippen molar-refractivity contribution >= 4 is 11.3 Å². The van der Waals surface area contributed by atoms with E-state index in [4.69, 9.17) is 0 Å². The first-order chi connectivity index (χ1) is 8.25. The minimum absolute atomic E-state index is 0.645. The molecule has 0 radical (unpaired) electrons. The van der Waals surface area contributed by atoms with Gasteiger partial charge in [0, 0.05) is 17.5 Å². The maximum atomic E-state index is 3.45. The minimum atomic E-state index is 0.645. The van der Waals surface area contributed by atoms with Crippen molar-refractivity contribution in [1.29, 1.82) is 0 Å². The summed E-state index contributed by atoms with van der Waals surface area (Å²) in [4.78, 5) is 4.09. The molecule has 1 aliphatic rings. The quantitative estimate of drug-likeness (QED) is 0.837. The summed E-state index contributed by atoms with van der Waals surface area (Å²) in [7, 11) is 0. The van der Waals surface area contributed by atoms with Gasteiger partial charge in [0.2, 0.25) is 0 Å². The summed E-state index contributed by atoms with van der Waals surface area (Å²) in [5.41, 5.74) is 0. The predicted octanol–water partition coefficient (Wildman–Crippen LogP) is 2.96. The predicted molar refractivity (Wildman–Crippen MR) is 75.5 cm³/mol. The molecule has 1 saturated heterocycles. The van der Waals surface area contributed by atoms with Gasteiger partial charge in [0.15, 0.2) is 0 Å². The number of hydrogen-bond acceptors (Lipinski definition) is 3. The van der Waals surface area contributed by atoms with Crippen molar-refractivity contribution in [3.8, 4) is 0 Å².